The van der Waals surface area contributed by atoms with Gasteiger partial charge < -0.3 is 5.32 Å². The SMILES string of the molecule is CCNC(Cc1nc(C)c(C)s1)C1CCCC(CC)C1. The molecule has 3 atom stereocenters. The van der Waals surface area contributed by atoms with Crippen LogP contribution in [0.15, 0.2) is 0 Å². The van der Waals surface area contributed by atoms with Crippen LogP contribution in [-0.4, -0.2) is 17.6 Å². The summed E-state index contributed by atoms with van der Waals surface area (Å²) < 4.78 is 0. The molecule has 3 heteroatoms. The third-order valence-corrected chi connectivity index (χ3v) is 6.00. The Morgan fingerprint density at radius 2 is 2.10 bits per heavy atom. The van der Waals surface area contributed by atoms with Gasteiger partial charge in [-0.2, -0.15) is 0 Å². The van der Waals surface area contributed by atoms with Crippen LogP contribution in [0.4, 0.5) is 0 Å². The van der Waals surface area contributed by atoms with E-state index in [-0.39, 0.29) is 0 Å². The van der Waals surface area contributed by atoms with Crippen LogP contribution in [0, 0.1) is 25.7 Å². The molecule has 0 spiro atoms. The van der Waals surface area contributed by atoms with E-state index in [0.29, 0.717) is 6.04 Å². The number of nitrogens with zero attached hydrogens (tertiary/aromatic N) is 1. The number of hydrogen-bond acceptors (Lipinski definition) is 3. The fraction of sp³-hybridized carbons (Fsp3) is 0.824. The second-order valence-electron chi connectivity index (χ2n) is 6.32. The number of aryl methyl sites for hydroxylation is 2. The summed E-state index contributed by atoms with van der Waals surface area (Å²) in [4.78, 5) is 6.12. The quantitative estimate of drug-likeness (QED) is 0.835. The molecule has 1 aromatic heterocycles. The minimum Gasteiger partial charge on any atom is -0.314 e. The molecule has 1 aliphatic rings. The zero-order valence-corrected chi connectivity index (χ0v) is 14.4. The van der Waals surface area contributed by atoms with Gasteiger partial charge in [0.05, 0.1) is 10.7 Å². The van der Waals surface area contributed by atoms with E-state index in [0.717, 1.165) is 24.8 Å². The number of rotatable bonds is 6. The fourth-order valence-corrected chi connectivity index (χ4v) is 4.54. The Kier molecular flexibility index (Phi) is 6.03. The van der Waals surface area contributed by atoms with E-state index in [4.69, 9.17) is 4.98 Å². The molecule has 1 aromatic rings. The molecule has 0 aromatic carbocycles. The Bertz CT molecular complexity index is 394. The molecule has 0 aliphatic heterocycles. The minimum atomic E-state index is 0.624. The highest BCUT2D eigenvalue weighted by molar-refractivity contribution is 7.11. The Labute approximate surface area is 128 Å². The average Bonchev–Trinajstić information content (AvgIpc) is 2.77. The van der Waals surface area contributed by atoms with E-state index in [2.05, 4.69) is 33.0 Å². The van der Waals surface area contributed by atoms with Crippen LogP contribution >= 0.6 is 11.3 Å². The molecule has 2 nitrogen and oxygen atoms in total. The molecule has 0 radical (unpaired) electrons. The van der Waals surface area contributed by atoms with Crippen molar-refractivity contribution in [2.75, 3.05) is 6.54 Å². The molecular weight excluding hydrogens is 264 g/mol. The van der Waals surface area contributed by atoms with Crippen LogP contribution in [0.25, 0.3) is 0 Å². The van der Waals surface area contributed by atoms with E-state index in [9.17, 15) is 0 Å². The lowest BCUT2D eigenvalue weighted by Crippen LogP contribution is -2.40. The zero-order chi connectivity index (χ0) is 14.5. The van der Waals surface area contributed by atoms with Crippen molar-refractivity contribution < 1.29 is 0 Å². The highest BCUT2D eigenvalue weighted by Crippen LogP contribution is 2.34. The standard InChI is InChI=1S/C17H30N2S/c1-5-14-8-7-9-15(10-14)16(18-6-2)11-17-19-12(3)13(4)20-17/h14-16,18H,5-11H2,1-4H3. The fourth-order valence-electron chi connectivity index (χ4n) is 3.55. The maximum atomic E-state index is 4.74. The molecule has 1 N–H and O–H groups in total. The van der Waals surface area contributed by atoms with Crippen molar-refractivity contribution >= 4 is 11.3 Å². The summed E-state index contributed by atoms with van der Waals surface area (Å²) in [6.07, 6.45) is 8.15. The van der Waals surface area contributed by atoms with Gasteiger partial charge in [0.1, 0.15) is 0 Å². The summed E-state index contributed by atoms with van der Waals surface area (Å²) in [6, 6.07) is 0.624. The van der Waals surface area contributed by atoms with Crippen LogP contribution in [0.2, 0.25) is 0 Å². The second-order valence-corrected chi connectivity index (χ2v) is 7.61. The monoisotopic (exact) mass is 294 g/mol. The van der Waals surface area contributed by atoms with Crippen molar-refractivity contribution in [3.8, 4) is 0 Å². The van der Waals surface area contributed by atoms with Gasteiger partial charge in [-0.1, -0.05) is 33.1 Å². The summed E-state index contributed by atoms with van der Waals surface area (Å²) in [5.74, 6) is 1.80. The van der Waals surface area contributed by atoms with Gasteiger partial charge in [-0.15, -0.1) is 11.3 Å². The lowest BCUT2D eigenvalue weighted by Gasteiger charge is -2.34. The minimum absolute atomic E-state index is 0.624. The molecule has 0 amide bonds. The number of hydrogen-bond donors (Lipinski definition) is 1. The summed E-state index contributed by atoms with van der Waals surface area (Å²) in [6.45, 7) is 9.97. The van der Waals surface area contributed by atoms with Gasteiger partial charge in [0.2, 0.25) is 0 Å². The normalized spacial score (nSPS) is 24.8. The lowest BCUT2D eigenvalue weighted by molar-refractivity contribution is 0.208. The first-order valence-corrected chi connectivity index (χ1v) is 9.11. The molecule has 1 saturated carbocycles. The van der Waals surface area contributed by atoms with Crippen molar-refractivity contribution in [3.63, 3.8) is 0 Å². The van der Waals surface area contributed by atoms with Crippen molar-refractivity contribution in [2.24, 2.45) is 11.8 Å². The van der Waals surface area contributed by atoms with Gasteiger partial charge in [0, 0.05) is 17.3 Å². The molecule has 3 unspecified atom stereocenters. The molecule has 1 heterocycles. The number of aromatic nitrogens is 1. The summed E-state index contributed by atoms with van der Waals surface area (Å²) in [5.41, 5.74) is 1.22. The van der Waals surface area contributed by atoms with E-state index in [1.54, 1.807) is 0 Å². The van der Waals surface area contributed by atoms with E-state index in [1.807, 2.05) is 11.3 Å². The smallest absolute Gasteiger partial charge is 0.0946 e. The van der Waals surface area contributed by atoms with Crippen LogP contribution in [0.5, 0.6) is 0 Å². The van der Waals surface area contributed by atoms with Crippen molar-refractivity contribution in [2.45, 2.75) is 72.3 Å². The maximum Gasteiger partial charge on any atom is 0.0946 e. The van der Waals surface area contributed by atoms with Crippen LogP contribution in [0.1, 0.15) is 61.5 Å². The van der Waals surface area contributed by atoms with Crippen LogP contribution < -0.4 is 5.32 Å². The second kappa shape index (κ2) is 7.56. The third-order valence-electron chi connectivity index (χ3n) is 4.90. The molecule has 0 saturated heterocycles. The molecule has 114 valence electrons. The summed E-state index contributed by atoms with van der Waals surface area (Å²) in [7, 11) is 0. The van der Waals surface area contributed by atoms with Crippen molar-refractivity contribution in [1.29, 1.82) is 0 Å². The molecule has 1 aliphatic carbocycles. The van der Waals surface area contributed by atoms with Gasteiger partial charge in [-0.05, 0) is 45.1 Å². The Morgan fingerprint density at radius 1 is 1.30 bits per heavy atom. The van der Waals surface area contributed by atoms with E-state index >= 15 is 0 Å². The first-order chi connectivity index (χ1) is 9.63. The first-order valence-electron chi connectivity index (χ1n) is 8.30. The maximum absolute atomic E-state index is 4.74. The highest BCUT2D eigenvalue weighted by atomic mass is 32.1. The Hall–Kier alpha value is -0.410. The Balaban J connectivity index is 2.02. The van der Waals surface area contributed by atoms with Crippen LogP contribution in [-0.2, 0) is 6.42 Å². The van der Waals surface area contributed by atoms with E-state index < -0.39 is 0 Å². The molecule has 2 rings (SSSR count). The number of likely N-dealkylation sites (N-methyl/N-ethyl adjacent to an activating group) is 1. The summed E-state index contributed by atoms with van der Waals surface area (Å²) >= 11 is 1.89. The molecule has 0 bridgehead atoms. The molecule has 20 heavy (non-hydrogen) atoms. The van der Waals surface area contributed by atoms with Crippen LogP contribution in [0.3, 0.4) is 0 Å². The molecular formula is C17H30N2S. The predicted octanol–water partition coefficient (Wildman–Crippen LogP) is 4.50. The number of nitrogens with one attached hydrogen (secondary N) is 1. The van der Waals surface area contributed by atoms with Gasteiger partial charge in [0.15, 0.2) is 0 Å². The third kappa shape index (κ3) is 4.05. The lowest BCUT2D eigenvalue weighted by atomic mass is 9.76. The van der Waals surface area contributed by atoms with Crippen molar-refractivity contribution in [1.82, 2.24) is 10.3 Å². The number of thiazole rings is 1. The van der Waals surface area contributed by atoms with E-state index in [1.165, 1.54) is 47.7 Å². The Morgan fingerprint density at radius 3 is 2.70 bits per heavy atom. The van der Waals surface area contributed by atoms with Gasteiger partial charge >= 0.3 is 0 Å². The van der Waals surface area contributed by atoms with Gasteiger partial charge in [0.25, 0.3) is 0 Å². The van der Waals surface area contributed by atoms with Gasteiger partial charge in [-0.3, -0.25) is 0 Å². The first kappa shape index (κ1) is 16.0. The molecule has 1 fully saturated rings. The topological polar surface area (TPSA) is 24.9 Å². The largest absolute Gasteiger partial charge is 0.314 e. The highest BCUT2D eigenvalue weighted by Gasteiger charge is 2.28. The summed E-state index contributed by atoms with van der Waals surface area (Å²) in [5, 5.41) is 5.06. The zero-order valence-electron chi connectivity index (χ0n) is 13.5. The van der Waals surface area contributed by atoms with Crippen molar-refractivity contribution in [3.05, 3.63) is 15.6 Å². The van der Waals surface area contributed by atoms with Gasteiger partial charge in [-0.25, -0.2) is 4.98 Å². The average molecular weight is 295 g/mol. The predicted molar refractivity (Wildman–Crippen MR) is 88.5 cm³/mol.